The zero-order valence-corrected chi connectivity index (χ0v) is 8.03. The van der Waals surface area contributed by atoms with Crippen molar-refractivity contribution in [2.24, 2.45) is 14.1 Å². The Hall–Kier alpha value is -1.51. The minimum absolute atomic E-state index is 0.0631. The predicted molar refractivity (Wildman–Crippen MR) is 52.9 cm³/mol. The van der Waals surface area contributed by atoms with Crippen molar-refractivity contribution in [3.05, 3.63) is 34.4 Å². The van der Waals surface area contributed by atoms with E-state index in [9.17, 15) is 4.79 Å². The summed E-state index contributed by atoms with van der Waals surface area (Å²) in [6.07, 6.45) is 3.78. The van der Waals surface area contributed by atoms with Crippen molar-refractivity contribution in [3.8, 4) is 0 Å². The summed E-state index contributed by atoms with van der Waals surface area (Å²) in [6, 6.07) is 1.98. The van der Waals surface area contributed by atoms with E-state index in [0.717, 1.165) is 16.5 Å². The first kappa shape index (κ1) is 8.10. The molecule has 0 aliphatic rings. The van der Waals surface area contributed by atoms with Gasteiger partial charge in [-0.2, -0.15) is 0 Å². The molecule has 0 amide bonds. The van der Waals surface area contributed by atoms with Gasteiger partial charge in [-0.1, -0.05) is 0 Å². The van der Waals surface area contributed by atoms with Gasteiger partial charge in [0.1, 0.15) is 5.52 Å². The number of aromatic nitrogens is 2. The third-order valence-electron chi connectivity index (χ3n) is 2.41. The molecule has 2 rings (SSSR count). The molecule has 0 fully saturated rings. The Morgan fingerprint density at radius 2 is 1.92 bits per heavy atom. The Morgan fingerprint density at radius 1 is 1.23 bits per heavy atom. The first-order chi connectivity index (χ1) is 6.11. The summed E-state index contributed by atoms with van der Waals surface area (Å²) in [5.41, 5.74) is 1.99. The highest BCUT2D eigenvalue weighted by Gasteiger charge is 2.06. The molecular weight excluding hydrogens is 164 g/mol. The molecule has 68 valence electrons. The fourth-order valence-electron chi connectivity index (χ4n) is 1.70. The molecule has 0 aromatic carbocycles. The van der Waals surface area contributed by atoms with Crippen molar-refractivity contribution in [1.82, 2.24) is 9.13 Å². The van der Waals surface area contributed by atoms with Gasteiger partial charge in [-0.25, -0.2) is 0 Å². The molecule has 2 heterocycles. The molecule has 0 radical (unpaired) electrons. The molecule has 0 bridgehead atoms. The Morgan fingerprint density at radius 3 is 2.62 bits per heavy atom. The van der Waals surface area contributed by atoms with Gasteiger partial charge in [-0.3, -0.25) is 4.79 Å². The van der Waals surface area contributed by atoms with Crippen LogP contribution in [0.15, 0.2) is 23.3 Å². The highest BCUT2D eigenvalue weighted by molar-refractivity contribution is 5.82. The van der Waals surface area contributed by atoms with Crippen LogP contribution in [0.4, 0.5) is 0 Å². The molecule has 2 aromatic rings. The lowest BCUT2D eigenvalue weighted by Gasteiger charge is -1.98. The molecule has 0 saturated carbocycles. The summed E-state index contributed by atoms with van der Waals surface area (Å²) < 4.78 is 3.48. The highest BCUT2D eigenvalue weighted by atomic mass is 16.1. The standard InChI is InChI=1S/C10H12N2O/c1-7-6-12(3)9-8(7)4-5-11(2)10(9)13/h4-6H,1-3H3. The largest absolute Gasteiger partial charge is 0.346 e. The van der Waals surface area contributed by atoms with Crippen LogP contribution in [-0.2, 0) is 14.1 Å². The smallest absolute Gasteiger partial charge is 0.274 e. The van der Waals surface area contributed by atoms with Crippen molar-refractivity contribution in [2.75, 3.05) is 0 Å². The van der Waals surface area contributed by atoms with Gasteiger partial charge in [0.05, 0.1) is 0 Å². The fourth-order valence-corrected chi connectivity index (χ4v) is 1.70. The summed E-state index contributed by atoms with van der Waals surface area (Å²) in [7, 11) is 3.67. The van der Waals surface area contributed by atoms with Crippen LogP contribution in [0, 0.1) is 6.92 Å². The summed E-state index contributed by atoms with van der Waals surface area (Å²) in [5.74, 6) is 0. The third-order valence-corrected chi connectivity index (χ3v) is 2.41. The second-order valence-corrected chi connectivity index (χ2v) is 3.42. The SMILES string of the molecule is Cc1cn(C)c2c(=O)n(C)ccc12. The van der Waals surface area contributed by atoms with Gasteiger partial charge in [0.15, 0.2) is 0 Å². The zero-order valence-electron chi connectivity index (χ0n) is 8.03. The van der Waals surface area contributed by atoms with E-state index in [1.807, 2.05) is 30.8 Å². The van der Waals surface area contributed by atoms with Gasteiger partial charge in [0, 0.05) is 31.9 Å². The molecule has 2 aromatic heterocycles. The minimum Gasteiger partial charge on any atom is -0.346 e. The topological polar surface area (TPSA) is 26.9 Å². The van der Waals surface area contributed by atoms with Gasteiger partial charge in [0.25, 0.3) is 5.56 Å². The van der Waals surface area contributed by atoms with E-state index in [1.54, 1.807) is 17.8 Å². The van der Waals surface area contributed by atoms with E-state index < -0.39 is 0 Å². The Bertz CT molecular complexity index is 519. The molecule has 0 N–H and O–H groups in total. The van der Waals surface area contributed by atoms with E-state index in [2.05, 4.69) is 0 Å². The molecule has 0 saturated heterocycles. The fraction of sp³-hybridized carbons (Fsp3) is 0.300. The third kappa shape index (κ3) is 1.00. The molecule has 3 nitrogen and oxygen atoms in total. The number of hydrogen-bond acceptors (Lipinski definition) is 1. The van der Waals surface area contributed by atoms with Crippen molar-refractivity contribution in [2.45, 2.75) is 6.92 Å². The first-order valence-electron chi connectivity index (χ1n) is 4.22. The summed E-state index contributed by atoms with van der Waals surface area (Å²) in [4.78, 5) is 11.7. The second kappa shape index (κ2) is 2.49. The highest BCUT2D eigenvalue weighted by Crippen LogP contribution is 2.15. The number of hydrogen-bond donors (Lipinski definition) is 0. The lowest BCUT2D eigenvalue weighted by molar-refractivity contribution is 0.853. The van der Waals surface area contributed by atoms with Crippen LogP contribution in [0.2, 0.25) is 0 Å². The average Bonchev–Trinajstić information content (AvgIpc) is 2.35. The summed E-state index contributed by atoms with van der Waals surface area (Å²) >= 11 is 0. The van der Waals surface area contributed by atoms with Gasteiger partial charge in [0.2, 0.25) is 0 Å². The predicted octanol–water partition coefficient (Wildman–Crippen LogP) is 1.19. The van der Waals surface area contributed by atoms with E-state index in [0.29, 0.717) is 0 Å². The first-order valence-corrected chi connectivity index (χ1v) is 4.22. The Labute approximate surface area is 76.2 Å². The number of rotatable bonds is 0. The lowest BCUT2D eigenvalue weighted by Crippen LogP contribution is -2.17. The van der Waals surface area contributed by atoms with Gasteiger partial charge in [-0.15, -0.1) is 0 Å². The molecule has 0 unspecified atom stereocenters. The van der Waals surface area contributed by atoms with Crippen molar-refractivity contribution >= 4 is 10.9 Å². The molecule has 0 aliphatic heterocycles. The summed E-state index contributed by atoms with van der Waals surface area (Å²) in [5, 5.41) is 1.05. The maximum Gasteiger partial charge on any atom is 0.274 e. The average molecular weight is 176 g/mol. The molecule has 3 heteroatoms. The Balaban J connectivity index is 3.08. The van der Waals surface area contributed by atoms with Crippen LogP contribution in [0.1, 0.15) is 5.56 Å². The molecule has 0 aliphatic carbocycles. The molecule has 13 heavy (non-hydrogen) atoms. The molecule has 0 atom stereocenters. The van der Waals surface area contributed by atoms with E-state index in [-0.39, 0.29) is 5.56 Å². The van der Waals surface area contributed by atoms with Gasteiger partial charge >= 0.3 is 0 Å². The quantitative estimate of drug-likeness (QED) is 0.592. The number of nitrogens with zero attached hydrogens (tertiary/aromatic N) is 2. The minimum atomic E-state index is 0.0631. The van der Waals surface area contributed by atoms with Crippen LogP contribution in [0.25, 0.3) is 10.9 Å². The number of fused-ring (bicyclic) bond motifs is 1. The number of aryl methyl sites for hydroxylation is 3. The van der Waals surface area contributed by atoms with E-state index in [4.69, 9.17) is 0 Å². The second-order valence-electron chi connectivity index (χ2n) is 3.42. The molecular formula is C10H12N2O. The zero-order chi connectivity index (χ0) is 9.59. The maximum atomic E-state index is 11.7. The molecule has 0 spiro atoms. The van der Waals surface area contributed by atoms with Crippen molar-refractivity contribution < 1.29 is 0 Å². The van der Waals surface area contributed by atoms with E-state index in [1.165, 1.54) is 0 Å². The van der Waals surface area contributed by atoms with Gasteiger partial charge < -0.3 is 9.13 Å². The van der Waals surface area contributed by atoms with E-state index >= 15 is 0 Å². The Kier molecular flexibility index (Phi) is 1.55. The van der Waals surface area contributed by atoms with Crippen molar-refractivity contribution in [3.63, 3.8) is 0 Å². The van der Waals surface area contributed by atoms with Crippen LogP contribution in [0.3, 0.4) is 0 Å². The van der Waals surface area contributed by atoms with Crippen molar-refractivity contribution in [1.29, 1.82) is 0 Å². The van der Waals surface area contributed by atoms with Crippen LogP contribution in [0.5, 0.6) is 0 Å². The van der Waals surface area contributed by atoms with Crippen LogP contribution < -0.4 is 5.56 Å². The van der Waals surface area contributed by atoms with Gasteiger partial charge in [-0.05, 0) is 18.6 Å². The maximum absolute atomic E-state index is 11.7. The van der Waals surface area contributed by atoms with Crippen LogP contribution in [-0.4, -0.2) is 9.13 Å². The monoisotopic (exact) mass is 176 g/mol. The normalized spacial score (nSPS) is 11.0. The summed E-state index contributed by atoms with van der Waals surface area (Å²) in [6.45, 7) is 2.02. The number of pyridine rings is 1. The lowest BCUT2D eigenvalue weighted by atomic mass is 10.2. The van der Waals surface area contributed by atoms with Crippen LogP contribution >= 0.6 is 0 Å².